The second-order valence-corrected chi connectivity index (χ2v) is 13.3. The molecule has 2 heterocycles. The normalized spacial score (nSPS) is 18.4. The second kappa shape index (κ2) is 11.2. The van der Waals surface area contributed by atoms with E-state index in [0.717, 1.165) is 4.47 Å². The fraction of sp³-hybridized carbons (Fsp3) is 0.250. The van der Waals surface area contributed by atoms with Gasteiger partial charge in [-0.25, -0.2) is 4.39 Å². The number of carbonyl (C=O) groups is 2. The molecular formula is C28H24BrFN6O2S2. The highest BCUT2D eigenvalue weighted by Gasteiger charge is 2.46. The number of aromatic nitrogens is 2. The third kappa shape index (κ3) is 5.54. The van der Waals surface area contributed by atoms with Crippen molar-refractivity contribution in [2.45, 2.75) is 36.9 Å². The summed E-state index contributed by atoms with van der Waals surface area (Å²) in [6.45, 7) is 3.96. The van der Waals surface area contributed by atoms with Crippen LogP contribution < -0.4 is 16.0 Å². The minimum absolute atomic E-state index is 0.0789. The number of amides is 1. The molecular weight excluding hydrogens is 615 g/mol. The van der Waals surface area contributed by atoms with E-state index < -0.39 is 11.7 Å². The summed E-state index contributed by atoms with van der Waals surface area (Å²) in [6, 6.07) is 15.5. The molecule has 204 valence electrons. The number of hydrogen-bond acceptors (Lipinski definition) is 9. The molecule has 0 radical (unpaired) electrons. The van der Waals surface area contributed by atoms with Gasteiger partial charge in [0.15, 0.2) is 10.1 Å². The van der Waals surface area contributed by atoms with Gasteiger partial charge in [0.25, 0.3) is 0 Å². The number of nitrogens with zero attached hydrogens (tertiary/aromatic N) is 4. The predicted octanol–water partition coefficient (Wildman–Crippen LogP) is 6.11. The number of anilines is 2. The Labute approximate surface area is 247 Å². The van der Waals surface area contributed by atoms with Crippen molar-refractivity contribution in [2.75, 3.05) is 16.0 Å². The molecule has 0 bridgehead atoms. The summed E-state index contributed by atoms with van der Waals surface area (Å²) in [5.41, 5.74) is 8.14. The first-order chi connectivity index (χ1) is 19.1. The number of carbonyl (C=O) groups excluding carboxylic acids is 2. The SMILES string of the molecule is CC1(C)CC(=O)C2=C(C1)N(c1nnc(SCC(=O)Nc3ccc(Br)cc3)s1)C(N)=C(C#N)C2c1ccccc1F. The van der Waals surface area contributed by atoms with Crippen LogP contribution in [-0.4, -0.2) is 27.6 Å². The first-order valence-electron chi connectivity index (χ1n) is 12.3. The summed E-state index contributed by atoms with van der Waals surface area (Å²) < 4.78 is 16.4. The van der Waals surface area contributed by atoms with E-state index in [0.29, 0.717) is 32.8 Å². The number of rotatable bonds is 6. The Morgan fingerprint density at radius 3 is 2.67 bits per heavy atom. The van der Waals surface area contributed by atoms with Crippen LogP contribution in [0.4, 0.5) is 15.2 Å². The molecule has 1 unspecified atom stereocenters. The van der Waals surface area contributed by atoms with Crippen LogP contribution in [0.25, 0.3) is 0 Å². The lowest BCUT2D eigenvalue weighted by atomic mass is 9.68. The Bertz CT molecular complexity index is 1610. The number of allylic oxidation sites excluding steroid dienone is 3. The maximum atomic E-state index is 15.0. The van der Waals surface area contributed by atoms with Crippen LogP contribution in [0.5, 0.6) is 0 Å². The van der Waals surface area contributed by atoms with Crippen molar-refractivity contribution in [1.82, 2.24) is 10.2 Å². The number of halogens is 2. The molecule has 2 aliphatic rings. The van der Waals surface area contributed by atoms with Gasteiger partial charge in [-0.15, -0.1) is 10.2 Å². The van der Waals surface area contributed by atoms with Gasteiger partial charge < -0.3 is 11.1 Å². The van der Waals surface area contributed by atoms with Crippen LogP contribution in [0.3, 0.4) is 0 Å². The molecule has 3 aromatic rings. The van der Waals surface area contributed by atoms with Crippen LogP contribution in [0.2, 0.25) is 0 Å². The van der Waals surface area contributed by atoms with Crippen molar-refractivity contribution in [3.8, 4) is 6.07 Å². The fourth-order valence-electron chi connectivity index (χ4n) is 4.96. The van der Waals surface area contributed by atoms with Gasteiger partial charge in [-0.05, 0) is 42.2 Å². The Morgan fingerprint density at radius 1 is 1.25 bits per heavy atom. The Hall–Kier alpha value is -3.53. The van der Waals surface area contributed by atoms with E-state index in [9.17, 15) is 19.2 Å². The number of ketones is 1. The molecule has 0 saturated heterocycles. The number of nitrogens with one attached hydrogen (secondary N) is 1. The highest BCUT2D eigenvalue weighted by atomic mass is 79.9. The standard InChI is InChI=1S/C28H24BrFN6O2S2/c1-28(2)11-20-24(21(37)12-28)23(17-5-3-4-6-19(17)30)18(13-31)25(32)36(20)26-34-35-27(40-26)39-14-22(38)33-16-9-7-15(29)8-10-16/h3-10,23H,11-12,14,32H2,1-2H3,(H,33,38). The van der Waals surface area contributed by atoms with Crippen LogP contribution in [-0.2, 0) is 9.59 Å². The van der Waals surface area contributed by atoms with E-state index in [4.69, 9.17) is 5.73 Å². The number of hydrogen-bond donors (Lipinski definition) is 2. The van der Waals surface area contributed by atoms with Crippen LogP contribution in [0.1, 0.15) is 38.2 Å². The number of Topliss-reactive ketones (excluding diaryl/α,β-unsaturated/α-hetero) is 1. The van der Waals surface area contributed by atoms with E-state index in [1.54, 1.807) is 35.2 Å². The molecule has 0 saturated carbocycles. The first kappa shape index (κ1) is 28.0. The molecule has 1 atom stereocenters. The Morgan fingerprint density at radius 2 is 1.98 bits per heavy atom. The third-order valence-corrected chi connectivity index (χ3v) is 9.21. The van der Waals surface area contributed by atoms with Crippen molar-refractivity contribution in [2.24, 2.45) is 11.1 Å². The average Bonchev–Trinajstić information content (AvgIpc) is 3.36. The highest BCUT2D eigenvalue weighted by molar-refractivity contribution is 9.10. The van der Waals surface area contributed by atoms with Gasteiger partial charge in [-0.1, -0.05) is 71.1 Å². The molecule has 2 aromatic carbocycles. The van der Waals surface area contributed by atoms with Crippen LogP contribution in [0, 0.1) is 22.6 Å². The van der Waals surface area contributed by atoms with E-state index in [2.05, 4.69) is 37.5 Å². The predicted molar refractivity (Wildman–Crippen MR) is 157 cm³/mol. The number of nitriles is 1. The lowest BCUT2D eigenvalue weighted by Crippen LogP contribution is -2.42. The van der Waals surface area contributed by atoms with Crippen molar-refractivity contribution in [3.63, 3.8) is 0 Å². The van der Waals surface area contributed by atoms with Gasteiger partial charge in [-0.3, -0.25) is 14.5 Å². The number of nitrogens with two attached hydrogens (primary N) is 1. The zero-order valence-electron chi connectivity index (χ0n) is 21.6. The van der Waals surface area contributed by atoms with Crippen molar-refractivity contribution >= 4 is 61.5 Å². The topological polar surface area (TPSA) is 125 Å². The minimum atomic E-state index is -0.912. The van der Waals surface area contributed by atoms with Crippen LogP contribution >= 0.6 is 39.0 Å². The minimum Gasteiger partial charge on any atom is -0.384 e. The summed E-state index contributed by atoms with van der Waals surface area (Å²) in [7, 11) is 0. The molecule has 1 amide bonds. The number of benzene rings is 2. The van der Waals surface area contributed by atoms with Gasteiger partial charge >= 0.3 is 0 Å². The second-order valence-electron chi connectivity index (χ2n) is 10.2. The maximum absolute atomic E-state index is 15.0. The molecule has 1 aliphatic carbocycles. The zero-order valence-corrected chi connectivity index (χ0v) is 24.8. The summed E-state index contributed by atoms with van der Waals surface area (Å²) in [6.07, 6.45) is 0.726. The highest BCUT2D eigenvalue weighted by Crippen LogP contribution is 2.51. The monoisotopic (exact) mass is 638 g/mol. The molecule has 8 nitrogen and oxygen atoms in total. The number of thioether (sulfide) groups is 1. The molecule has 3 N–H and O–H groups in total. The van der Waals surface area contributed by atoms with Crippen molar-refractivity contribution < 1.29 is 14.0 Å². The molecule has 5 rings (SSSR count). The van der Waals surface area contributed by atoms with E-state index in [-0.39, 0.29) is 46.2 Å². The van der Waals surface area contributed by atoms with Gasteiger partial charge in [0.1, 0.15) is 11.6 Å². The summed E-state index contributed by atoms with van der Waals surface area (Å²) in [5, 5.41) is 21.9. The van der Waals surface area contributed by atoms with Gasteiger partial charge in [0, 0.05) is 33.4 Å². The molecule has 1 aromatic heterocycles. The van der Waals surface area contributed by atoms with Crippen molar-refractivity contribution in [1.29, 1.82) is 5.26 Å². The fourth-order valence-corrected chi connectivity index (χ4v) is 6.90. The summed E-state index contributed by atoms with van der Waals surface area (Å²) in [4.78, 5) is 27.6. The Kier molecular flexibility index (Phi) is 7.81. The molecule has 40 heavy (non-hydrogen) atoms. The summed E-state index contributed by atoms with van der Waals surface area (Å²) >= 11 is 5.78. The molecule has 0 fully saturated rings. The van der Waals surface area contributed by atoms with E-state index in [1.165, 1.54) is 29.2 Å². The molecule has 12 heteroatoms. The van der Waals surface area contributed by atoms with E-state index >= 15 is 0 Å². The maximum Gasteiger partial charge on any atom is 0.234 e. The summed E-state index contributed by atoms with van der Waals surface area (Å²) in [5.74, 6) is -1.60. The van der Waals surface area contributed by atoms with E-state index in [1.807, 2.05) is 26.0 Å². The lowest BCUT2D eigenvalue weighted by Gasteiger charge is -2.42. The quantitative estimate of drug-likeness (QED) is 0.310. The smallest absolute Gasteiger partial charge is 0.234 e. The molecule has 1 aliphatic heterocycles. The third-order valence-electron chi connectivity index (χ3n) is 6.64. The molecule has 0 spiro atoms. The van der Waals surface area contributed by atoms with Gasteiger partial charge in [0.05, 0.1) is 23.3 Å². The average molecular weight is 640 g/mol. The van der Waals surface area contributed by atoms with Gasteiger partial charge in [-0.2, -0.15) is 5.26 Å². The first-order valence-corrected chi connectivity index (χ1v) is 14.9. The zero-order chi connectivity index (χ0) is 28.6. The Balaban J connectivity index is 1.47. The van der Waals surface area contributed by atoms with Crippen LogP contribution in [0.15, 0.2) is 80.0 Å². The van der Waals surface area contributed by atoms with Crippen molar-refractivity contribution in [3.05, 3.63) is 87.0 Å². The lowest BCUT2D eigenvalue weighted by molar-refractivity contribution is -0.118. The van der Waals surface area contributed by atoms with Gasteiger partial charge in [0.2, 0.25) is 11.0 Å². The largest absolute Gasteiger partial charge is 0.384 e.